The molecule has 0 spiro atoms. The topological polar surface area (TPSA) is 76.7 Å². The average Bonchev–Trinajstić information content (AvgIpc) is 3.21. The molecule has 10 heteroatoms. The van der Waals surface area contributed by atoms with E-state index < -0.39 is 17.7 Å². The van der Waals surface area contributed by atoms with E-state index in [0.717, 1.165) is 5.52 Å². The number of thiophene rings is 1. The first kappa shape index (κ1) is 17.5. The molecule has 0 amide bonds. The highest BCUT2D eigenvalue weighted by molar-refractivity contribution is 7.18. The Morgan fingerprint density at radius 3 is 2.71 bits per heavy atom. The molecule has 0 radical (unpaired) electrons. The van der Waals surface area contributed by atoms with Crippen LogP contribution < -0.4 is 0 Å². The number of imidazole rings is 1. The first-order valence-electron chi connectivity index (χ1n) is 8.56. The van der Waals surface area contributed by atoms with Crippen molar-refractivity contribution >= 4 is 32.7 Å². The molecule has 1 fully saturated rings. The van der Waals surface area contributed by atoms with E-state index in [1.807, 2.05) is 17.7 Å². The maximum atomic E-state index is 12.8. The van der Waals surface area contributed by atoms with Gasteiger partial charge in [0.2, 0.25) is 0 Å². The molecule has 0 unspecified atom stereocenters. The van der Waals surface area contributed by atoms with E-state index in [2.05, 4.69) is 19.9 Å². The SMILES string of the molecule is Cn1cnc2ncc(-c3ncc4cc(C5(O)CC(C(F)(F)F)C5)sc4n3)cc21. The molecule has 4 heterocycles. The van der Waals surface area contributed by atoms with Crippen LogP contribution in [0.15, 0.2) is 30.9 Å². The van der Waals surface area contributed by atoms with Crippen LogP contribution in [-0.4, -0.2) is 35.8 Å². The molecule has 144 valence electrons. The van der Waals surface area contributed by atoms with Crippen molar-refractivity contribution in [2.24, 2.45) is 13.0 Å². The Labute approximate surface area is 160 Å². The van der Waals surface area contributed by atoms with Gasteiger partial charge in [0.15, 0.2) is 11.5 Å². The maximum absolute atomic E-state index is 12.8. The number of aromatic nitrogens is 5. The normalized spacial score (nSPS) is 22.7. The van der Waals surface area contributed by atoms with Crippen LogP contribution in [-0.2, 0) is 12.6 Å². The Morgan fingerprint density at radius 2 is 1.96 bits per heavy atom. The zero-order chi connectivity index (χ0) is 19.7. The first-order chi connectivity index (χ1) is 13.2. The van der Waals surface area contributed by atoms with Crippen LogP contribution in [0.2, 0.25) is 0 Å². The summed E-state index contributed by atoms with van der Waals surface area (Å²) in [6, 6.07) is 3.57. The van der Waals surface area contributed by atoms with Gasteiger partial charge in [-0.2, -0.15) is 13.2 Å². The second-order valence-electron chi connectivity index (χ2n) is 7.17. The van der Waals surface area contributed by atoms with Crippen molar-refractivity contribution in [3.05, 3.63) is 35.7 Å². The number of nitrogens with zero attached hydrogens (tertiary/aromatic N) is 5. The smallest absolute Gasteiger partial charge is 0.384 e. The van der Waals surface area contributed by atoms with Crippen LogP contribution in [0.4, 0.5) is 13.2 Å². The number of aliphatic hydroxyl groups is 1. The summed E-state index contributed by atoms with van der Waals surface area (Å²) < 4.78 is 40.2. The van der Waals surface area contributed by atoms with E-state index in [1.165, 1.54) is 11.3 Å². The molecule has 0 bridgehead atoms. The molecule has 0 atom stereocenters. The van der Waals surface area contributed by atoms with Gasteiger partial charge in [-0.15, -0.1) is 11.3 Å². The molecule has 4 aromatic rings. The summed E-state index contributed by atoms with van der Waals surface area (Å²) in [6.45, 7) is 0. The minimum Gasteiger partial charge on any atom is -0.384 e. The number of rotatable bonds is 2. The Hall–Kier alpha value is -2.59. The van der Waals surface area contributed by atoms with E-state index in [4.69, 9.17) is 0 Å². The van der Waals surface area contributed by atoms with E-state index in [9.17, 15) is 18.3 Å². The van der Waals surface area contributed by atoms with Gasteiger partial charge in [0.1, 0.15) is 10.4 Å². The molecule has 0 aliphatic heterocycles. The van der Waals surface area contributed by atoms with Crippen LogP contribution >= 0.6 is 11.3 Å². The highest BCUT2D eigenvalue weighted by Crippen LogP contribution is 2.54. The van der Waals surface area contributed by atoms with Crippen molar-refractivity contribution < 1.29 is 18.3 Å². The predicted molar refractivity (Wildman–Crippen MR) is 97.6 cm³/mol. The number of pyridine rings is 1. The van der Waals surface area contributed by atoms with E-state index in [-0.39, 0.29) is 12.8 Å². The van der Waals surface area contributed by atoms with Gasteiger partial charge >= 0.3 is 6.18 Å². The van der Waals surface area contributed by atoms with Crippen LogP contribution in [0.3, 0.4) is 0 Å². The highest BCUT2D eigenvalue weighted by atomic mass is 32.1. The van der Waals surface area contributed by atoms with Gasteiger partial charge in [-0.05, 0) is 25.0 Å². The lowest BCUT2D eigenvalue weighted by Crippen LogP contribution is -2.46. The second kappa shape index (κ2) is 5.71. The Balaban J connectivity index is 1.49. The molecular formula is C18H14F3N5OS. The third-order valence-corrected chi connectivity index (χ3v) is 6.44. The molecule has 1 aliphatic rings. The minimum atomic E-state index is -4.27. The van der Waals surface area contributed by atoms with Gasteiger partial charge in [-0.25, -0.2) is 19.9 Å². The van der Waals surface area contributed by atoms with Gasteiger partial charge in [0.25, 0.3) is 0 Å². The van der Waals surface area contributed by atoms with Crippen LogP contribution in [0.1, 0.15) is 17.7 Å². The van der Waals surface area contributed by atoms with Gasteiger partial charge in [0.05, 0.1) is 17.8 Å². The molecule has 4 aromatic heterocycles. The molecule has 0 aromatic carbocycles. The number of hydrogen-bond donors (Lipinski definition) is 1. The van der Waals surface area contributed by atoms with Crippen LogP contribution in [0.5, 0.6) is 0 Å². The largest absolute Gasteiger partial charge is 0.392 e. The summed E-state index contributed by atoms with van der Waals surface area (Å²) in [6.07, 6.45) is 0.0278. The molecular weight excluding hydrogens is 391 g/mol. The standard InChI is InChI=1S/C18H14F3N5OS/c1-26-8-24-15-12(26)2-9(6-23-15)14-22-7-10-3-13(28-16(10)25-14)17(27)4-11(5-17)18(19,20)21/h2-3,6-8,11,27H,4-5H2,1H3. The zero-order valence-corrected chi connectivity index (χ0v) is 15.4. The summed E-state index contributed by atoms with van der Waals surface area (Å²) in [5, 5.41) is 11.3. The van der Waals surface area contributed by atoms with Crippen molar-refractivity contribution in [2.45, 2.75) is 24.6 Å². The Kier molecular flexibility index (Phi) is 3.57. The van der Waals surface area contributed by atoms with Gasteiger partial charge < -0.3 is 9.67 Å². The van der Waals surface area contributed by atoms with Crippen molar-refractivity contribution in [1.29, 1.82) is 0 Å². The van der Waals surface area contributed by atoms with Crippen molar-refractivity contribution in [1.82, 2.24) is 24.5 Å². The third kappa shape index (κ3) is 2.67. The van der Waals surface area contributed by atoms with Crippen molar-refractivity contribution in [3.63, 3.8) is 0 Å². The van der Waals surface area contributed by atoms with Crippen LogP contribution in [0, 0.1) is 5.92 Å². The molecule has 1 N–H and O–H groups in total. The van der Waals surface area contributed by atoms with Crippen molar-refractivity contribution in [2.75, 3.05) is 0 Å². The maximum Gasteiger partial charge on any atom is 0.392 e. The number of halogens is 3. The molecule has 1 saturated carbocycles. The lowest BCUT2D eigenvalue weighted by Gasteiger charge is -2.43. The zero-order valence-electron chi connectivity index (χ0n) is 14.6. The van der Waals surface area contributed by atoms with E-state index in [0.29, 0.717) is 32.1 Å². The predicted octanol–water partition coefficient (Wildman–Crippen LogP) is 3.80. The highest BCUT2D eigenvalue weighted by Gasteiger charge is 2.56. The monoisotopic (exact) mass is 405 g/mol. The molecule has 6 nitrogen and oxygen atoms in total. The lowest BCUT2D eigenvalue weighted by atomic mass is 9.70. The number of alkyl halides is 3. The Morgan fingerprint density at radius 1 is 1.18 bits per heavy atom. The average molecular weight is 405 g/mol. The van der Waals surface area contributed by atoms with Crippen molar-refractivity contribution in [3.8, 4) is 11.4 Å². The van der Waals surface area contributed by atoms with E-state index in [1.54, 1.807) is 24.8 Å². The van der Waals surface area contributed by atoms with Gasteiger partial charge in [-0.3, -0.25) is 0 Å². The molecule has 28 heavy (non-hydrogen) atoms. The van der Waals surface area contributed by atoms with Gasteiger partial charge in [-0.1, -0.05) is 0 Å². The number of fused-ring (bicyclic) bond motifs is 2. The first-order valence-corrected chi connectivity index (χ1v) is 9.38. The van der Waals surface area contributed by atoms with E-state index >= 15 is 0 Å². The summed E-state index contributed by atoms with van der Waals surface area (Å²) in [7, 11) is 1.86. The quantitative estimate of drug-likeness (QED) is 0.549. The molecule has 0 saturated heterocycles. The van der Waals surface area contributed by atoms with Crippen LogP contribution in [0.25, 0.3) is 32.8 Å². The number of hydrogen-bond acceptors (Lipinski definition) is 6. The lowest BCUT2D eigenvalue weighted by molar-refractivity contribution is -0.241. The second-order valence-corrected chi connectivity index (χ2v) is 8.20. The summed E-state index contributed by atoms with van der Waals surface area (Å²) in [5.74, 6) is -0.994. The summed E-state index contributed by atoms with van der Waals surface area (Å²) in [5.41, 5.74) is 0.737. The fourth-order valence-electron chi connectivity index (χ4n) is 3.52. The third-order valence-electron chi connectivity index (χ3n) is 5.20. The fourth-order valence-corrected chi connectivity index (χ4v) is 4.63. The Bertz CT molecular complexity index is 1210. The fraction of sp³-hybridized carbons (Fsp3) is 0.333. The number of aryl methyl sites for hydroxylation is 1. The summed E-state index contributed by atoms with van der Waals surface area (Å²) in [4.78, 5) is 18.5. The molecule has 5 rings (SSSR count). The minimum absolute atomic E-state index is 0.315. The van der Waals surface area contributed by atoms with Gasteiger partial charge in [0, 0.05) is 35.3 Å². The summed E-state index contributed by atoms with van der Waals surface area (Å²) >= 11 is 1.20. The molecule has 1 aliphatic carbocycles.